The first-order chi connectivity index (χ1) is 10.7. The lowest BCUT2D eigenvalue weighted by molar-refractivity contribution is 0.0942. The zero-order chi connectivity index (χ0) is 15.1. The second-order valence-electron chi connectivity index (χ2n) is 5.60. The van der Waals surface area contributed by atoms with Crippen molar-refractivity contribution in [3.8, 4) is 0 Å². The standard InChI is InChI=1S/C15H16N4OS2/c1-9(12-6-19-15(18-12)22-8-16-19)17-14(20)13-11-5-3-2-4-10(11)7-21-13/h6-9H,2-5H2,1H3,(H,17,20)/t9-/m0/s1. The largest absolute Gasteiger partial charge is 0.343 e. The first kappa shape index (κ1) is 13.9. The van der Waals surface area contributed by atoms with Gasteiger partial charge in [0.25, 0.3) is 5.91 Å². The van der Waals surface area contributed by atoms with Gasteiger partial charge in [0, 0.05) is 0 Å². The van der Waals surface area contributed by atoms with Crippen LogP contribution in [0, 0.1) is 0 Å². The molecule has 1 amide bonds. The van der Waals surface area contributed by atoms with Crippen LogP contribution in [0.4, 0.5) is 0 Å². The fraction of sp³-hybridized carbons (Fsp3) is 0.400. The summed E-state index contributed by atoms with van der Waals surface area (Å²) < 4.78 is 1.75. The van der Waals surface area contributed by atoms with Crippen LogP contribution < -0.4 is 5.32 Å². The third-order valence-electron chi connectivity index (χ3n) is 4.11. The predicted octanol–water partition coefficient (Wildman–Crippen LogP) is 3.22. The number of carbonyl (C=O) groups is 1. The summed E-state index contributed by atoms with van der Waals surface area (Å²) in [5, 5.41) is 9.39. The molecule has 0 saturated heterocycles. The van der Waals surface area contributed by atoms with Crippen LogP contribution in [0.1, 0.15) is 52.3 Å². The molecule has 1 atom stereocenters. The third kappa shape index (κ3) is 2.34. The molecule has 0 unspecified atom stereocenters. The minimum Gasteiger partial charge on any atom is -0.343 e. The van der Waals surface area contributed by atoms with E-state index in [0.29, 0.717) is 0 Å². The number of hydrogen-bond acceptors (Lipinski definition) is 5. The van der Waals surface area contributed by atoms with Gasteiger partial charge in [-0.05, 0) is 49.1 Å². The quantitative estimate of drug-likeness (QED) is 0.801. The van der Waals surface area contributed by atoms with Crippen molar-refractivity contribution in [2.45, 2.75) is 38.6 Å². The molecule has 1 aliphatic rings. The van der Waals surface area contributed by atoms with E-state index in [1.807, 2.05) is 13.1 Å². The second kappa shape index (κ2) is 5.48. The van der Waals surface area contributed by atoms with Crippen LogP contribution in [0.2, 0.25) is 0 Å². The Morgan fingerprint density at radius 3 is 3.09 bits per heavy atom. The highest BCUT2D eigenvalue weighted by Gasteiger charge is 2.22. The number of aromatic nitrogens is 3. The Labute approximate surface area is 136 Å². The number of fused-ring (bicyclic) bond motifs is 2. The molecular weight excluding hydrogens is 316 g/mol. The van der Waals surface area contributed by atoms with Crippen molar-refractivity contribution in [2.24, 2.45) is 0 Å². The zero-order valence-corrected chi connectivity index (χ0v) is 13.8. The van der Waals surface area contributed by atoms with Crippen LogP contribution in [0.3, 0.4) is 0 Å². The fourth-order valence-corrected chi connectivity index (χ4v) is 4.58. The maximum atomic E-state index is 12.6. The summed E-state index contributed by atoms with van der Waals surface area (Å²) in [6.07, 6.45) is 6.43. The Morgan fingerprint density at radius 1 is 1.36 bits per heavy atom. The smallest absolute Gasteiger partial charge is 0.262 e. The fourth-order valence-electron chi connectivity index (χ4n) is 2.91. The summed E-state index contributed by atoms with van der Waals surface area (Å²) in [6.45, 7) is 1.96. The van der Waals surface area contributed by atoms with E-state index < -0.39 is 0 Å². The number of nitrogens with one attached hydrogen (secondary N) is 1. The Morgan fingerprint density at radius 2 is 2.23 bits per heavy atom. The van der Waals surface area contributed by atoms with Gasteiger partial charge in [0.15, 0.2) is 0 Å². The topological polar surface area (TPSA) is 59.3 Å². The molecule has 0 aromatic carbocycles. The minimum absolute atomic E-state index is 0.0185. The molecule has 5 nitrogen and oxygen atoms in total. The van der Waals surface area contributed by atoms with Crippen LogP contribution in [0.15, 0.2) is 17.1 Å². The lowest BCUT2D eigenvalue weighted by Gasteiger charge is -2.14. The molecule has 114 valence electrons. The number of imidazole rings is 1. The van der Waals surface area contributed by atoms with Crippen molar-refractivity contribution in [3.05, 3.63) is 38.8 Å². The molecule has 0 bridgehead atoms. The van der Waals surface area contributed by atoms with Gasteiger partial charge in [-0.2, -0.15) is 5.10 Å². The summed E-state index contributed by atoms with van der Waals surface area (Å²) in [5.74, 6) is 0.0185. The van der Waals surface area contributed by atoms with Gasteiger partial charge in [0.2, 0.25) is 4.96 Å². The monoisotopic (exact) mass is 332 g/mol. The molecule has 1 aliphatic carbocycles. The molecule has 1 N–H and O–H groups in total. The van der Waals surface area contributed by atoms with Gasteiger partial charge in [-0.1, -0.05) is 11.3 Å². The van der Waals surface area contributed by atoms with E-state index in [1.54, 1.807) is 21.4 Å². The van der Waals surface area contributed by atoms with E-state index in [-0.39, 0.29) is 11.9 Å². The number of rotatable bonds is 3. The van der Waals surface area contributed by atoms with Crippen molar-refractivity contribution < 1.29 is 4.79 Å². The second-order valence-corrected chi connectivity index (χ2v) is 7.29. The third-order valence-corrected chi connectivity index (χ3v) is 5.86. The summed E-state index contributed by atoms with van der Waals surface area (Å²) >= 11 is 3.06. The van der Waals surface area contributed by atoms with Crippen molar-refractivity contribution in [2.75, 3.05) is 0 Å². The van der Waals surface area contributed by atoms with Gasteiger partial charge < -0.3 is 5.32 Å². The summed E-state index contributed by atoms with van der Waals surface area (Å²) in [5.41, 5.74) is 5.22. The first-order valence-corrected chi connectivity index (χ1v) is 9.17. The first-order valence-electron chi connectivity index (χ1n) is 7.41. The minimum atomic E-state index is -0.122. The summed E-state index contributed by atoms with van der Waals surface area (Å²) in [4.78, 5) is 18.8. The summed E-state index contributed by atoms with van der Waals surface area (Å²) in [6, 6.07) is -0.122. The normalized spacial score (nSPS) is 15.7. The number of aryl methyl sites for hydroxylation is 1. The van der Waals surface area contributed by atoms with E-state index in [9.17, 15) is 4.79 Å². The van der Waals surface area contributed by atoms with E-state index in [1.165, 1.54) is 35.3 Å². The highest BCUT2D eigenvalue weighted by molar-refractivity contribution is 7.14. The van der Waals surface area contributed by atoms with Crippen molar-refractivity contribution in [1.29, 1.82) is 0 Å². The van der Waals surface area contributed by atoms with Gasteiger partial charge in [-0.25, -0.2) is 9.50 Å². The average molecular weight is 332 g/mol. The van der Waals surface area contributed by atoms with Gasteiger partial charge in [0.05, 0.1) is 22.8 Å². The predicted molar refractivity (Wildman–Crippen MR) is 87.7 cm³/mol. The highest BCUT2D eigenvalue weighted by Crippen LogP contribution is 2.30. The zero-order valence-electron chi connectivity index (χ0n) is 12.2. The van der Waals surface area contributed by atoms with E-state index in [4.69, 9.17) is 0 Å². The number of carbonyl (C=O) groups excluding carboxylic acids is 1. The van der Waals surface area contributed by atoms with Gasteiger partial charge >= 0.3 is 0 Å². The Hall–Kier alpha value is -1.73. The maximum Gasteiger partial charge on any atom is 0.262 e. The molecule has 3 heterocycles. The van der Waals surface area contributed by atoms with Crippen molar-refractivity contribution in [1.82, 2.24) is 19.9 Å². The molecular formula is C15H16N4OS2. The van der Waals surface area contributed by atoms with E-state index >= 15 is 0 Å². The molecule has 4 rings (SSSR count). The maximum absolute atomic E-state index is 12.6. The molecule has 7 heteroatoms. The van der Waals surface area contributed by atoms with E-state index in [2.05, 4.69) is 20.8 Å². The number of amides is 1. The molecule has 0 saturated carbocycles. The Balaban J connectivity index is 1.53. The Kier molecular flexibility index (Phi) is 3.46. The molecule has 0 spiro atoms. The number of thiophene rings is 1. The molecule has 0 aliphatic heterocycles. The molecule has 0 fully saturated rings. The average Bonchev–Trinajstić information content (AvgIpc) is 3.20. The van der Waals surface area contributed by atoms with Crippen LogP contribution in [-0.4, -0.2) is 20.5 Å². The lowest BCUT2D eigenvalue weighted by Crippen LogP contribution is -2.27. The van der Waals surface area contributed by atoms with Crippen molar-refractivity contribution >= 4 is 33.5 Å². The van der Waals surface area contributed by atoms with Crippen LogP contribution in [0.5, 0.6) is 0 Å². The molecule has 3 aromatic heterocycles. The molecule has 3 aromatic rings. The van der Waals surface area contributed by atoms with Gasteiger partial charge in [-0.3, -0.25) is 4.79 Å². The summed E-state index contributed by atoms with van der Waals surface area (Å²) in [7, 11) is 0. The van der Waals surface area contributed by atoms with Crippen LogP contribution in [0.25, 0.3) is 4.96 Å². The number of nitrogens with zero attached hydrogens (tertiary/aromatic N) is 3. The van der Waals surface area contributed by atoms with Gasteiger partial charge in [-0.15, -0.1) is 11.3 Å². The van der Waals surface area contributed by atoms with Gasteiger partial charge in [0.1, 0.15) is 5.51 Å². The van der Waals surface area contributed by atoms with Crippen LogP contribution in [-0.2, 0) is 12.8 Å². The van der Waals surface area contributed by atoms with E-state index in [0.717, 1.165) is 28.4 Å². The molecule has 22 heavy (non-hydrogen) atoms. The molecule has 0 radical (unpaired) electrons. The van der Waals surface area contributed by atoms with Crippen molar-refractivity contribution in [3.63, 3.8) is 0 Å². The SMILES string of the molecule is C[C@H](NC(=O)c1scc2c1CCCC2)c1cn2ncsc2n1. The Bertz CT molecular complexity index is 803. The number of hydrogen-bond donors (Lipinski definition) is 1. The highest BCUT2D eigenvalue weighted by atomic mass is 32.1. The van der Waals surface area contributed by atoms with Crippen LogP contribution >= 0.6 is 22.7 Å². The lowest BCUT2D eigenvalue weighted by atomic mass is 9.94.